The molecule has 1 fully saturated rings. The van der Waals surface area contributed by atoms with Crippen molar-refractivity contribution in [3.8, 4) is 11.3 Å². The molecule has 2 aromatic carbocycles. The number of halogens is 3. The standard InChI is InChI=1S/C24H22F3N3O/c25-18-9-7-16(8-10-18)21-14-28-24(23(29-21)17-4-2-1-3-5-17)30-22(31)13-15-6-11-19(26)20(27)12-15/h6-12,14,17H,1-5,13H2,(H,28,30,31). The molecule has 3 aromatic rings. The van der Waals surface area contributed by atoms with Gasteiger partial charge in [-0.05, 0) is 54.8 Å². The average molecular weight is 425 g/mol. The molecule has 0 unspecified atom stereocenters. The summed E-state index contributed by atoms with van der Waals surface area (Å²) in [4.78, 5) is 21.8. The molecule has 1 aromatic heterocycles. The fraction of sp³-hybridized carbons (Fsp3) is 0.292. The number of nitrogens with zero attached hydrogens (tertiary/aromatic N) is 2. The molecule has 31 heavy (non-hydrogen) atoms. The fourth-order valence-corrected chi connectivity index (χ4v) is 3.93. The fourth-order valence-electron chi connectivity index (χ4n) is 3.93. The van der Waals surface area contributed by atoms with E-state index in [9.17, 15) is 18.0 Å². The molecule has 160 valence electrons. The molecule has 0 aliphatic heterocycles. The van der Waals surface area contributed by atoms with Gasteiger partial charge in [0.2, 0.25) is 5.91 Å². The van der Waals surface area contributed by atoms with Gasteiger partial charge in [0.15, 0.2) is 17.5 Å². The second-order valence-corrected chi connectivity index (χ2v) is 7.80. The summed E-state index contributed by atoms with van der Waals surface area (Å²) in [7, 11) is 0. The Morgan fingerprint density at radius 1 is 0.968 bits per heavy atom. The van der Waals surface area contributed by atoms with Crippen molar-refractivity contribution < 1.29 is 18.0 Å². The van der Waals surface area contributed by atoms with Crippen molar-refractivity contribution in [1.82, 2.24) is 9.97 Å². The van der Waals surface area contributed by atoms with Crippen LogP contribution in [-0.4, -0.2) is 15.9 Å². The van der Waals surface area contributed by atoms with Gasteiger partial charge in [0.1, 0.15) is 5.82 Å². The van der Waals surface area contributed by atoms with E-state index in [1.54, 1.807) is 18.3 Å². The van der Waals surface area contributed by atoms with Gasteiger partial charge in [0, 0.05) is 11.5 Å². The Morgan fingerprint density at radius 3 is 2.42 bits per heavy atom. The number of hydrogen-bond acceptors (Lipinski definition) is 3. The van der Waals surface area contributed by atoms with E-state index in [0.29, 0.717) is 22.8 Å². The number of amides is 1. The highest BCUT2D eigenvalue weighted by Crippen LogP contribution is 2.35. The maximum absolute atomic E-state index is 13.4. The lowest BCUT2D eigenvalue weighted by molar-refractivity contribution is -0.115. The third-order valence-corrected chi connectivity index (χ3v) is 5.54. The predicted octanol–water partition coefficient (Wildman–Crippen LogP) is 5.79. The summed E-state index contributed by atoms with van der Waals surface area (Å²) in [6.45, 7) is 0. The Morgan fingerprint density at radius 2 is 1.71 bits per heavy atom. The van der Waals surface area contributed by atoms with Crippen molar-refractivity contribution in [2.24, 2.45) is 0 Å². The molecule has 1 saturated carbocycles. The van der Waals surface area contributed by atoms with Gasteiger partial charge in [-0.15, -0.1) is 0 Å². The number of hydrogen-bond donors (Lipinski definition) is 1. The lowest BCUT2D eigenvalue weighted by Crippen LogP contribution is -2.19. The number of carbonyl (C=O) groups is 1. The van der Waals surface area contributed by atoms with E-state index in [1.807, 2.05) is 0 Å². The molecule has 1 amide bonds. The lowest BCUT2D eigenvalue weighted by atomic mass is 9.86. The maximum atomic E-state index is 13.4. The topological polar surface area (TPSA) is 54.9 Å². The number of nitrogens with one attached hydrogen (secondary N) is 1. The highest BCUT2D eigenvalue weighted by molar-refractivity contribution is 5.92. The third kappa shape index (κ3) is 5.10. The molecule has 0 spiro atoms. The van der Waals surface area contributed by atoms with Crippen LogP contribution in [0, 0.1) is 17.5 Å². The van der Waals surface area contributed by atoms with Gasteiger partial charge in [-0.25, -0.2) is 23.1 Å². The zero-order valence-corrected chi connectivity index (χ0v) is 16.9. The summed E-state index contributed by atoms with van der Waals surface area (Å²) in [5, 5.41) is 2.79. The number of benzene rings is 2. The van der Waals surface area contributed by atoms with Crippen LogP contribution in [-0.2, 0) is 11.2 Å². The smallest absolute Gasteiger partial charge is 0.229 e. The summed E-state index contributed by atoms with van der Waals surface area (Å²) >= 11 is 0. The number of carbonyl (C=O) groups excluding carboxylic acids is 1. The number of anilines is 1. The van der Waals surface area contributed by atoms with Gasteiger partial charge in [-0.1, -0.05) is 25.3 Å². The van der Waals surface area contributed by atoms with Gasteiger partial charge in [-0.3, -0.25) is 4.79 Å². The second-order valence-electron chi connectivity index (χ2n) is 7.80. The van der Waals surface area contributed by atoms with Crippen LogP contribution in [0.4, 0.5) is 19.0 Å². The largest absolute Gasteiger partial charge is 0.309 e. The minimum atomic E-state index is -0.989. The Labute approximate surface area is 178 Å². The van der Waals surface area contributed by atoms with Crippen LogP contribution in [0.25, 0.3) is 11.3 Å². The molecule has 0 saturated heterocycles. The van der Waals surface area contributed by atoms with E-state index in [2.05, 4.69) is 10.3 Å². The summed E-state index contributed by atoms with van der Waals surface area (Å²) in [6.07, 6.45) is 6.67. The van der Waals surface area contributed by atoms with Crippen molar-refractivity contribution in [2.75, 3.05) is 5.32 Å². The summed E-state index contributed by atoms with van der Waals surface area (Å²) in [6, 6.07) is 9.42. The molecule has 1 heterocycles. The minimum absolute atomic E-state index is 0.108. The maximum Gasteiger partial charge on any atom is 0.229 e. The van der Waals surface area contributed by atoms with Crippen LogP contribution < -0.4 is 5.32 Å². The predicted molar refractivity (Wildman–Crippen MR) is 112 cm³/mol. The molecule has 4 nitrogen and oxygen atoms in total. The summed E-state index contributed by atoms with van der Waals surface area (Å²) in [5.41, 5.74) is 2.43. The molecular weight excluding hydrogens is 403 g/mol. The Hall–Kier alpha value is -3.22. The van der Waals surface area contributed by atoms with Crippen molar-refractivity contribution in [3.05, 3.63) is 77.4 Å². The third-order valence-electron chi connectivity index (χ3n) is 5.54. The van der Waals surface area contributed by atoms with Crippen molar-refractivity contribution in [2.45, 2.75) is 44.4 Å². The molecule has 0 bridgehead atoms. The molecule has 1 aliphatic rings. The summed E-state index contributed by atoms with van der Waals surface area (Å²) in [5.74, 6) is -2.11. The van der Waals surface area contributed by atoms with Crippen molar-refractivity contribution >= 4 is 11.7 Å². The van der Waals surface area contributed by atoms with Crippen LogP contribution >= 0.6 is 0 Å². The van der Waals surface area contributed by atoms with Crippen LogP contribution in [0.2, 0.25) is 0 Å². The Bertz CT molecular complexity index is 1080. The Kier molecular flexibility index (Phi) is 6.30. The van der Waals surface area contributed by atoms with E-state index in [1.165, 1.54) is 24.6 Å². The van der Waals surface area contributed by atoms with Gasteiger partial charge in [0.05, 0.1) is 24.0 Å². The molecular formula is C24H22F3N3O. The zero-order valence-electron chi connectivity index (χ0n) is 16.9. The van der Waals surface area contributed by atoms with Crippen LogP contribution in [0.15, 0.2) is 48.7 Å². The minimum Gasteiger partial charge on any atom is -0.309 e. The first kappa shape index (κ1) is 21.0. The quantitative estimate of drug-likeness (QED) is 0.563. The highest BCUT2D eigenvalue weighted by atomic mass is 19.2. The van der Waals surface area contributed by atoms with Gasteiger partial charge in [0.25, 0.3) is 0 Å². The first-order valence-corrected chi connectivity index (χ1v) is 10.4. The van der Waals surface area contributed by atoms with Crippen molar-refractivity contribution in [3.63, 3.8) is 0 Å². The van der Waals surface area contributed by atoms with E-state index in [-0.39, 0.29) is 24.1 Å². The molecule has 0 radical (unpaired) electrons. The monoisotopic (exact) mass is 425 g/mol. The number of aromatic nitrogens is 2. The molecule has 4 rings (SSSR count). The normalized spacial score (nSPS) is 14.4. The second kappa shape index (κ2) is 9.29. The Balaban J connectivity index is 1.59. The van der Waals surface area contributed by atoms with Crippen molar-refractivity contribution in [1.29, 1.82) is 0 Å². The van der Waals surface area contributed by atoms with Gasteiger partial charge < -0.3 is 5.32 Å². The van der Waals surface area contributed by atoms with Crippen LogP contribution in [0.1, 0.15) is 49.3 Å². The van der Waals surface area contributed by atoms with E-state index >= 15 is 0 Å². The first-order valence-electron chi connectivity index (χ1n) is 10.4. The molecule has 0 atom stereocenters. The lowest BCUT2D eigenvalue weighted by Gasteiger charge is -2.23. The van der Waals surface area contributed by atoms with Crippen LogP contribution in [0.5, 0.6) is 0 Å². The number of rotatable bonds is 5. The first-order chi connectivity index (χ1) is 15.0. The van der Waals surface area contributed by atoms with E-state index in [4.69, 9.17) is 4.98 Å². The van der Waals surface area contributed by atoms with E-state index < -0.39 is 11.6 Å². The average Bonchev–Trinajstić information content (AvgIpc) is 2.78. The zero-order chi connectivity index (χ0) is 21.8. The highest BCUT2D eigenvalue weighted by Gasteiger charge is 2.23. The van der Waals surface area contributed by atoms with Gasteiger partial charge >= 0.3 is 0 Å². The van der Waals surface area contributed by atoms with Gasteiger partial charge in [-0.2, -0.15) is 0 Å². The molecule has 7 heteroatoms. The SMILES string of the molecule is O=C(Cc1ccc(F)c(F)c1)Nc1ncc(-c2ccc(F)cc2)nc1C1CCCCC1. The molecule has 1 aliphatic carbocycles. The van der Waals surface area contributed by atoms with E-state index in [0.717, 1.165) is 43.4 Å². The summed E-state index contributed by atoms with van der Waals surface area (Å²) < 4.78 is 39.8. The van der Waals surface area contributed by atoms with Crippen LogP contribution in [0.3, 0.4) is 0 Å². The molecule has 1 N–H and O–H groups in total.